The largest absolute Gasteiger partial charge is 0.361 e. The van der Waals surface area contributed by atoms with Crippen molar-refractivity contribution in [1.29, 1.82) is 0 Å². The molecule has 3 N–H and O–H groups in total. The van der Waals surface area contributed by atoms with Crippen LogP contribution in [0.25, 0.3) is 10.9 Å². The number of hydrogen-bond donors (Lipinski definition) is 3. The lowest BCUT2D eigenvalue weighted by molar-refractivity contribution is 0.694. The van der Waals surface area contributed by atoms with E-state index in [1.165, 1.54) is 21.3 Å². The topological polar surface area (TPSA) is 52.2 Å². The van der Waals surface area contributed by atoms with Crippen LogP contribution in [0.15, 0.2) is 53.0 Å². The summed E-state index contributed by atoms with van der Waals surface area (Å²) in [5.74, 6) is 0.891. The summed E-state index contributed by atoms with van der Waals surface area (Å²) in [7, 11) is 0. The van der Waals surface area contributed by atoms with Crippen molar-refractivity contribution in [1.82, 2.24) is 15.6 Å². The number of hydrogen-bond acceptors (Lipinski definition) is 2. The van der Waals surface area contributed by atoms with Crippen LogP contribution in [0, 0.1) is 0 Å². The summed E-state index contributed by atoms with van der Waals surface area (Å²) >= 11 is 1.77. The van der Waals surface area contributed by atoms with Gasteiger partial charge in [0.2, 0.25) is 0 Å². The van der Waals surface area contributed by atoms with Gasteiger partial charge >= 0.3 is 0 Å². The first-order chi connectivity index (χ1) is 12.3. The third kappa shape index (κ3) is 4.63. The van der Waals surface area contributed by atoms with Gasteiger partial charge in [-0.25, -0.2) is 0 Å². The van der Waals surface area contributed by atoms with E-state index in [0.29, 0.717) is 0 Å². The van der Waals surface area contributed by atoms with Crippen LogP contribution in [0.4, 0.5) is 0 Å². The Morgan fingerprint density at radius 1 is 1.24 bits per heavy atom. The number of aryl methyl sites for hydroxylation is 1. The van der Waals surface area contributed by atoms with E-state index in [9.17, 15) is 0 Å². The summed E-state index contributed by atoms with van der Waals surface area (Å²) in [6, 6.07) is 13.0. The standard InChI is InChI=1S/C20H26N4S/c1-3-21-20(24-15(2)19-11-7-13-25-19)22-12-6-8-16-14-23-18-10-5-4-9-17(16)18/h4-5,7,9-11,13-15,23H,3,6,8,12H2,1-2H3,(H2,21,22,24). The van der Waals surface area contributed by atoms with Crippen molar-refractivity contribution in [3.8, 4) is 0 Å². The number of rotatable bonds is 7. The molecule has 0 aliphatic heterocycles. The van der Waals surface area contributed by atoms with E-state index in [1.54, 1.807) is 11.3 Å². The number of thiophene rings is 1. The van der Waals surface area contributed by atoms with Gasteiger partial charge in [-0.3, -0.25) is 4.99 Å². The van der Waals surface area contributed by atoms with E-state index >= 15 is 0 Å². The molecule has 0 aliphatic carbocycles. The Morgan fingerprint density at radius 3 is 2.92 bits per heavy atom. The molecule has 1 aromatic carbocycles. The second-order valence-corrected chi connectivity index (χ2v) is 7.08. The van der Waals surface area contributed by atoms with Crippen LogP contribution in [0.1, 0.15) is 36.8 Å². The maximum atomic E-state index is 4.73. The molecule has 132 valence electrons. The van der Waals surface area contributed by atoms with E-state index in [0.717, 1.165) is 31.9 Å². The van der Waals surface area contributed by atoms with Crippen molar-refractivity contribution in [3.63, 3.8) is 0 Å². The molecule has 0 radical (unpaired) electrons. The number of aliphatic imine (C=N–C) groups is 1. The van der Waals surface area contributed by atoms with Gasteiger partial charge in [0.25, 0.3) is 0 Å². The molecule has 0 saturated carbocycles. The fourth-order valence-electron chi connectivity index (χ4n) is 2.93. The molecule has 1 atom stereocenters. The monoisotopic (exact) mass is 354 g/mol. The Morgan fingerprint density at radius 2 is 2.12 bits per heavy atom. The zero-order chi connectivity index (χ0) is 17.5. The second-order valence-electron chi connectivity index (χ2n) is 6.11. The van der Waals surface area contributed by atoms with Gasteiger partial charge in [-0.15, -0.1) is 11.3 Å². The molecule has 0 fully saturated rings. The first-order valence-electron chi connectivity index (χ1n) is 8.91. The molecule has 0 aliphatic rings. The summed E-state index contributed by atoms with van der Waals surface area (Å²) in [6.07, 6.45) is 4.19. The number of benzene rings is 1. The van der Waals surface area contributed by atoms with Crippen molar-refractivity contribution in [2.75, 3.05) is 13.1 Å². The highest BCUT2D eigenvalue weighted by Crippen LogP contribution is 2.19. The molecular formula is C20H26N4S. The molecule has 0 spiro atoms. The first-order valence-corrected chi connectivity index (χ1v) is 9.79. The lowest BCUT2D eigenvalue weighted by Crippen LogP contribution is -2.38. The van der Waals surface area contributed by atoms with E-state index in [1.807, 2.05) is 0 Å². The molecule has 5 heteroatoms. The highest BCUT2D eigenvalue weighted by atomic mass is 32.1. The minimum absolute atomic E-state index is 0.270. The highest BCUT2D eigenvalue weighted by molar-refractivity contribution is 7.10. The summed E-state index contributed by atoms with van der Waals surface area (Å²) < 4.78 is 0. The quantitative estimate of drug-likeness (QED) is 0.333. The number of aromatic amines is 1. The van der Waals surface area contributed by atoms with Gasteiger partial charge in [0.1, 0.15) is 0 Å². The number of H-pyrrole nitrogens is 1. The molecule has 2 heterocycles. The predicted molar refractivity (Wildman–Crippen MR) is 108 cm³/mol. The minimum atomic E-state index is 0.270. The van der Waals surface area contributed by atoms with E-state index in [2.05, 4.69) is 77.4 Å². The normalized spacial score (nSPS) is 13.1. The summed E-state index contributed by atoms with van der Waals surface area (Å²) in [6.45, 7) is 5.95. The second kappa shape index (κ2) is 8.72. The molecule has 3 aromatic rings. The van der Waals surface area contributed by atoms with E-state index in [4.69, 9.17) is 4.99 Å². The van der Waals surface area contributed by atoms with Gasteiger partial charge in [-0.1, -0.05) is 24.3 Å². The SMILES string of the molecule is CCNC(=NCCCc1c[nH]c2ccccc12)NC(C)c1cccs1. The van der Waals surface area contributed by atoms with Crippen molar-refractivity contribution >= 4 is 28.2 Å². The zero-order valence-corrected chi connectivity index (χ0v) is 15.7. The average Bonchev–Trinajstić information content (AvgIpc) is 3.29. The number of aromatic nitrogens is 1. The smallest absolute Gasteiger partial charge is 0.191 e. The van der Waals surface area contributed by atoms with Gasteiger partial charge in [-0.2, -0.15) is 0 Å². The molecular weight excluding hydrogens is 328 g/mol. The Labute approximate surface area is 153 Å². The Kier molecular flexibility index (Phi) is 6.12. The van der Waals surface area contributed by atoms with Gasteiger partial charge in [0.05, 0.1) is 6.04 Å². The fourth-order valence-corrected chi connectivity index (χ4v) is 3.67. The van der Waals surface area contributed by atoms with E-state index in [-0.39, 0.29) is 6.04 Å². The first kappa shape index (κ1) is 17.5. The predicted octanol–water partition coefficient (Wildman–Crippen LogP) is 4.48. The number of fused-ring (bicyclic) bond motifs is 1. The van der Waals surface area contributed by atoms with Gasteiger partial charge in [0, 0.05) is 35.1 Å². The van der Waals surface area contributed by atoms with Crippen LogP contribution in [0.2, 0.25) is 0 Å². The molecule has 2 aromatic heterocycles. The van der Waals surface area contributed by atoms with Crippen LogP contribution >= 0.6 is 11.3 Å². The lowest BCUT2D eigenvalue weighted by Gasteiger charge is -2.16. The Balaban J connectivity index is 1.54. The van der Waals surface area contributed by atoms with Gasteiger partial charge < -0.3 is 15.6 Å². The van der Waals surface area contributed by atoms with Crippen molar-refractivity contribution in [2.45, 2.75) is 32.7 Å². The Hall–Kier alpha value is -2.27. The molecule has 25 heavy (non-hydrogen) atoms. The van der Waals surface area contributed by atoms with Crippen molar-refractivity contribution < 1.29 is 0 Å². The van der Waals surface area contributed by atoms with E-state index < -0.39 is 0 Å². The zero-order valence-electron chi connectivity index (χ0n) is 14.9. The van der Waals surface area contributed by atoms with Crippen LogP contribution < -0.4 is 10.6 Å². The van der Waals surface area contributed by atoms with Gasteiger partial charge in [0.15, 0.2) is 5.96 Å². The number of nitrogens with zero attached hydrogens (tertiary/aromatic N) is 1. The summed E-state index contributed by atoms with van der Waals surface area (Å²) in [5.41, 5.74) is 2.58. The van der Waals surface area contributed by atoms with Crippen LogP contribution in [0.3, 0.4) is 0 Å². The maximum absolute atomic E-state index is 4.73. The van der Waals surface area contributed by atoms with Crippen LogP contribution in [-0.4, -0.2) is 24.0 Å². The Bertz CT molecular complexity index is 804. The molecule has 0 saturated heterocycles. The van der Waals surface area contributed by atoms with Crippen molar-refractivity contribution in [3.05, 3.63) is 58.4 Å². The van der Waals surface area contributed by atoms with Gasteiger partial charge in [-0.05, 0) is 49.8 Å². The number of para-hydroxylation sites is 1. The molecule has 0 bridgehead atoms. The van der Waals surface area contributed by atoms with Crippen LogP contribution in [-0.2, 0) is 6.42 Å². The maximum Gasteiger partial charge on any atom is 0.191 e. The third-order valence-electron chi connectivity index (χ3n) is 4.22. The number of guanidine groups is 1. The fraction of sp³-hybridized carbons (Fsp3) is 0.350. The molecule has 0 amide bonds. The van der Waals surface area contributed by atoms with Crippen LogP contribution in [0.5, 0.6) is 0 Å². The number of nitrogens with one attached hydrogen (secondary N) is 3. The molecule has 1 unspecified atom stereocenters. The lowest BCUT2D eigenvalue weighted by atomic mass is 10.1. The molecule has 3 rings (SSSR count). The summed E-state index contributed by atoms with van der Waals surface area (Å²) in [4.78, 5) is 9.40. The third-order valence-corrected chi connectivity index (χ3v) is 5.27. The highest BCUT2D eigenvalue weighted by Gasteiger charge is 2.08. The minimum Gasteiger partial charge on any atom is -0.361 e. The average molecular weight is 355 g/mol. The summed E-state index contributed by atoms with van der Waals surface area (Å²) in [5, 5.41) is 10.3. The van der Waals surface area contributed by atoms with Crippen molar-refractivity contribution in [2.24, 2.45) is 4.99 Å². The molecule has 4 nitrogen and oxygen atoms in total.